The van der Waals surface area contributed by atoms with Crippen molar-refractivity contribution in [2.45, 2.75) is 71.3 Å². The van der Waals surface area contributed by atoms with Gasteiger partial charge in [0.25, 0.3) is 5.56 Å². The number of benzene rings is 3. The molecule has 4 atom stereocenters. The maximum absolute atomic E-state index is 13.8. The van der Waals surface area contributed by atoms with Crippen molar-refractivity contribution in [2.75, 3.05) is 27.4 Å². The van der Waals surface area contributed by atoms with Crippen LogP contribution in [0.1, 0.15) is 62.1 Å². The summed E-state index contributed by atoms with van der Waals surface area (Å²) >= 11 is 0. The summed E-state index contributed by atoms with van der Waals surface area (Å²) in [6.45, 7) is 5.77. The summed E-state index contributed by atoms with van der Waals surface area (Å²) in [5.74, 6) is 0.718. The molecule has 1 aliphatic heterocycles. The number of ether oxygens (including phenoxy) is 5. The summed E-state index contributed by atoms with van der Waals surface area (Å²) in [6, 6.07) is 26.6. The molecule has 0 saturated carbocycles. The van der Waals surface area contributed by atoms with Crippen molar-refractivity contribution in [3.05, 3.63) is 128 Å². The second kappa shape index (κ2) is 18.2. The van der Waals surface area contributed by atoms with E-state index in [0.29, 0.717) is 11.5 Å². The Kier molecular flexibility index (Phi) is 13.6. The van der Waals surface area contributed by atoms with Crippen molar-refractivity contribution in [1.82, 2.24) is 9.13 Å². The number of nitriles is 1. The topological polar surface area (TPSA) is 170 Å². The minimum Gasteiger partial charge on any atom is -0.497 e. The lowest BCUT2D eigenvalue weighted by Crippen LogP contribution is -2.43. The van der Waals surface area contributed by atoms with Crippen LogP contribution in [-0.4, -0.2) is 59.6 Å². The number of hydrogen-bond donors (Lipinski definition) is 1. The van der Waals surface area contributed by atoms with E-state index in [4.69, 9.17) is 38.0 Å². The van der Waals surface area contributed by atoms with Gasteiger partial charge >= 0.3 is 20.3 Å². The molecule has 0 spiro atoms. The zero-order valence-electron chi connectivity index (χ0n) is 31.7. The molecule has 2 heterocycles. The third-order valence-electron chi connectivity index (χ3n) is 9.07. The quantitative estimate of drug-likeness (QED) is 0.0638. The Morgan fingerprint density at radius 2 is 1.53 bits per heavy atom. The molecule has 15 heteroatoms. The maximum atomic E-state index is 13.8. The molecule has 55 heavy (non-hydrogen) atoms. The highest BCUT2D eigenvalue weighted by Crippen LogP contribution is 2.45. The lowest BCUT2D eigenvalue weighted by Gasteiger charge is -2.37. The van der Waals surface area contributed by atoms with Gasteiger partial charge in [0.2, 0.25) is 0 Å². The minimum atomic E-state index is -2.46. The number of carbonyl (C=O) groups is 1. The number of rotatable bonds is 16. The van der Waals surface area contributed by atoms with E-state index in [0.717, 1.165) is 21.3 Å². The Balaban J connectivity index is 1.55. The van der Waals surface area contributed by atoms with Crippen LogP contribution in [0.3, 0.4) is 0 Å². The molecular formula is C40H46N3O11P. The van der Waals surface area contributed by atoms with Crippen LogP contribution in [0, 0.1) is 23.7 Å². The fraction of sp³-hybridized carbons (Fsp3) is 0.400. The van der Waals surface area contributed by atoms with Gasteiger partial charge in [-0.2, -0.15) is 5.26 Å². The first-order valence-corrected chi connectivity index (χ1v) is 18.7. The number of carbonyl (C=O) groups excluding carboxylic acids is 1. The smallest absolute Gasteiger partial charge is 0.335 e. The van der Waals surface area contributed by atoms with Crippen LogP contribution < -0.4 is 20.7 Å². The summed E-state index contributed by atoms with van der Waals surface area (Å²) in [7, 11) is 0.713. The lowest BCUT2D eigenvalue weighted by molar-refractivity contribution is -0.157. The average Bonchev–Trinajstić information content (AvgIpc) is 3.58. The highest BCUT2D eigenvalue weighted by Gasteiger charge is 2.44. The van der Waals surface area contributed by atoms with Gasteiger partial charge in [-0.15, -0.1) is 0 Å². The Bertz CT molecular complexity index is 2010. The number of hydrogen-bond acceptors (Lipinski definition) is 12. The van der Waals surface area contributed by atoms with Gasteiger partial charge in [-0.05, 0) is 68.7 Å². The molecule has 1 aliphatic rings. The largest absolute Gasteiger partial charge is 0.497 e. The van der Waals surface area contributed by atoms with Crippen LogP contribution in [0.5, 0.6) is 11.5 Å². The predicted molar refractivity (Wildman–Crippen MR) is 202 cm³/mol. The van der Waals surface area contributed by atoms with E-state index in [9.17, 15) is 19.3 Å². The molecular weight excluding hydrogens is 729 g/mol. The molecule has 1 unspecified atom stereocenters. The molecule has 0 amide bonds. The molecule has 1 N–H and O–H groups in total. The van der Waals surface area contributed by atoms with Gasteiger partial charge in [0.05, 0.1) is 51.4 Å². The summed E-state index contributed by atoms with van der Waals surface area (Å²) in [4.78, 5) is 50.2. The van der Waals surface area contributed by atoms with Crippen LogP contribution in [0.15, 0.2) is 94.6 Å². The maximum Gasteiger partial charge on any atom is 0.335 e. The van der Waals surface area contributed by atoms with Crippen molar-refractivity contribution in [3.63, 3.8) is 0 Å². The van der Waals surface area contributed by atoms with Gasteiger partial charge in [-0.25, -0.2) is 9.36 Å². The lowest BCUT2D eigenvalue weighted by atomic mass is 9.80. The number of nitrogens with zero attached hydrogens (tertiary/aromatic N) is 3. The number of esters is 1. The third kappa shape index (κ3) is 9.51. The van der Waals surface area contributed by atoms with Gasteiger partial charge in [0.15, 0.2) is 6.73 Å². The highest BCUT2D eigenvalue weighted by atomic mass is 31.2. The third-order valence-corrected chi connectivity index (χ3v) is 9.93. The molecule has 292 valence electrons. The van der Waals surface area contributed by atoms with Gasteiger partial charge in [-0.1, -0.05) is 54.6 Å². The minimum absolute atomic E-state index is 0.0395. The van der Waals surface area contributed by atoms with Crippen LogP contribution >= 0.6 is 8.60 Å². The normalized spacial score (nSPS) is 17.7. The van der Waals surface area contributed by atoms with Crippen molar-refractivity contribution < 1.29 is 42.4 Å². The zero-order valence-corrected chi connectivity index (χ0v) is 32.6. The fourth-order valence-corrected chi connectivity index (χ4v) is 6.91. The van der Waals surface area contributed by atoms with E-state index in [2.05, 4.69) is 0 Å². The first-order valence-electron chi connectivity index (χ1n) is 17.6. The van der Waals surface area contributed by atoms with Crippen LogP contribution in [-0.2, 0) is 40.4 Å². The van der Waals surface area contributed by atoms with E-state index in [1.807, 2.05) is 84.9 Å². The molecule has 14 nitrogen and oxygen atoms in total. The molecule has 1 fully saturated rings. The van der Waals surface area contributed by atoms with Gasteiger partial charge in [0.1, 0.15) is 29.4 Å². The van der Waals surface area contributed by atoms with E-state index < -0.39 is 62.0 Å². The molecule has 3 aromatic carbocycles. The fourth-order valence-electron chi connectivity index (χ4n) is 6.15. The average molecular weight is 776 g/mol. The molecule has 1 saturated heterocycles. The molecule has 0 aliphatic carbocycles. The van der Waals surface area contributed by atoms with Crippen LogP contribution in [0.4, 0.5) is 0 Å². The van der Waals surface area contributed by atoms with Crippen molar-refractivity contribution in [1.29, 1.82) is 5.26 Å². The summed E-state index contributed by atoms with van der Waals surface area (Å²) in [5, 5.41) is 8.97. The van der Waals surface area contributed by atoms with Crippen molar-refractivity contribution in [3.8, 4) is 17.6 Å². The number of methoxy groups -OCH3 is 2. The first kappa shape index (κ1) is 41.3. The monoisotopic (exact) mass is 775 g/mol. The van der Waals surface area contributed by atoms with Crippen molar-refractivity contribution in [2.24, 2.45) is 5.41 Å². The molecule has 0 bridgehead atoms. The summed E-state index contributed by atoms with van der Waals surface area (Å²) in [5.41, 5.74) is -0.933. The van der Waals surface area contributed by atoms with E-state index in [1.54, 1.807) is 35.0 Å². The Morgan fingerprint density at radius 1 is 0.945 bits per heavy atom. The summed E-state index contributed by atoms with van der Waals surface area (Å²) in [6.07, 6.45) is -1.31. The second-order valence-corrected chi connectivity index (χ2v) is 14.8. The second-order valence-electron chi connectivity index (χ2n) is 13.8. The van der Waals surface area contributed by atoms with E-state index in [-0.39, 0.29) is 31.6 Å². The number of aromatic nitrogens is 2. The summed E-state index contributed by atoms with van der Waals surface area (Å²) < 4.78 is 43.3. The Hall–Kier alpha value is -4.87. The molecule has 0 radical (unpaired) electrons. The first-order chi connectivity index (χ1) is 26.3. The number of aryl methyl sites for hydroxylation is 1. The van der Waals surface area contributed by atoms with Crippen LogP contribution in [0.2, 0.25) is 0 Å². The van der Waals surface area contributed by atoms with E-state index in [1.165, 1.54) is 17.7 Å². The van der Waals surface area contributed by atoms with Crippen molar-refractivity contribution >= 4 is 14.6 Å². The Labute approximate surface area is 320 Å². The zero-order chi connectivity index (χ0) is 39.8. The van der Waals surface area contributed by atoms with Gasteiger partial charge in [0, 0.05) is 18.2 Å². The van der Waals surface area contributed by atoms with Crippen LogP contribution in [0.25, 0.3) is 0 Å². The predicted octanol–water partition coefficient (Wildman–Crippen LogP) is 5.71. The van der Waals surface area contributed by atoms with Gasteiger partial charge in [-0.3, -0.25) is 14.2 Å². The SMILES string of the molecule is COc1ccc(C(OC[C@H]2O[C@@H](n3cc(C)c(=O)n(COC(=O)C(C)(C)C)c3=O)C[C@@H]2OP(O)OCCC#N)(c2ccccc2)c2ccc(OC)cc2)cc1. The molecule has 4 aromatic rings. The Morgan fingerprint density at radius 3 is 2.07 bits per heavy atom. The standard InChI is InChI=1S/C40H46N3O11P/c1-27-24-42(38(46)43(36(27)44)26-50-37(45)39(2,3)4)35-23-33(54-55(47)52-22-10-21-41)34(53-35)25-51-40(28-11-8-7-9-12-28,29-13-17-31(48-5)18-14-29)30-15-19-32(49-6)20-16-30/h7-9,11-20,24,33-35,47H,10,22-23,25-26H2,1-6H3/t33-,34+,35+,55?/m0/s1. The van der Waals surface area contributed by atoms with E-state index >= 15 is 0 Å². The molecule has 5 rings (SSSR count). The van der Waals surface area contributed by atoms with Gasteiger partial charge < -0.3 is 37.6 Å². The highest BCUT2D eigenvalue weighted by molar-refractivity contribution is 7.40. The molecule has 1 aromatic heterocycles.